The normalized spacial score (nSPS) is 10.4. The van der Waals surface area contributed by atoms with Crippen molar-refractivity contribution >= 4 is 51.1 Å². The zero-order valence-electron chi connectivity index (χ0n) is 12.5. The number of halogens is 1. The van der Waals surface area contributed by atoms with Crippen LogP contribution in [0.25, 0.3) is 0 Å². The minimum Gasteiger partial charge on any atom is -0.484 e. The van der Waals surface area contributed by atoms with Gasteiger partial charge in [-0.1, -0.05) is 15.9 Å². The van der Waals surface area contributed by atoms with Crippen LogP contribution >= 0.6 is 28.1 Å². The Morgan fingerprint density at radius 2 is 1.88 bits per heavy atom. The van der Waals surface area contributed by atoms with Gasteiger partial charge in [-0.05, 0) is 66.3 Å². The Labute approximate surface area is 153 Å². The molecule has 0 fully saturated rings. The van der Waals surface area contributed by atoms with Gasteiger partial charge in [-0.25, -0.2) is 0 Å². The molecule has 0 aliphatic heterocycles. The molecule has 1 amide bonds. The third-order valence-electron chi connectivity index (χ3n) is 2.77. The van der Waals surface area contributed by atoms with E-state index in [4.69, 9.17) is 10.5 Å². The molecule has 8 heteroatoms. The number of amides is 1. The van der Waals surface area contributed by atoms with E-state index >= 15 is 0 Å². The molecule has 0 spiro atoms. The van der Waals surface area contributed by atoms with Crippen LogP contribution in [0, 0.1) is 0 Å². The molecular formula is C16H15BrN4O2S. The Morgan fingerprint density at radius 1 is 1.21 bits per heavy atom. The van der Waals surface area contributed by atoms with Crippen molar-refractivity contribution in [3.8, 4) is 5.75 Å². The number of anilines is 1. The maximum absolute atomic E-state index is 11.8. The summed E-state index contributed by atoms with van der Waals surface area (Å²) in [5.41, 5.74) is 9.27. The molecule has 0 bridgehead atoms. The summed E-state index contributed by atoms with van der Waals surface area (Å²) >= 11 is 7.97. The van der Waals surface area contributed by atoms with Gasteiger partial charge in [-0.15, -0.1) is 0 Å². The van der Waals surface area contributed by atoms with Crippen LogP contribution in [0.3, 0.4) is 0 Å². The van der Waals surface area contributed by atoms with Crippen LogP contribution < -0.4 is 21.2 Å². The second kappa shape index (κ2) is 8.99. The lowest BCUT2D eigenvalue weighted by molar-refractivity contribution is -0.118. The number of nitrogens with one attached hydrogen (secondary N) is 2. The molecular weight excluding hydrogens is 392 g/mol. The van der Waals surface area contributed by atoms with Crippen molar-refractivity contribution in [2.75, 3.05) is 11.9 Å². The molecule has 4 N–H and O–H groups in total. The fourth-order valence-electron chi connectivity index (χ4n) is 1.70. The van der Waals surface area contributed by atoms with Crippen molar-refractivity contribution in [2.24, 2.45) is 10.8 Å². The number of thiocarbonyl (C=S) groups is 1. The first-order valence-electron chi connectivity index (χ1n) is 6.90. The van der Waals surface area contributed by atoms with Crippen LogP contribution in [0.15, 0.2) is 58.1 Å². The van der Waals surface area contributed by atoms with Crippen molar-refractivity contribution < 1.29 is 9.53 Å². The molecule has 124 valence electrons. The van der Waals surface area contributed by atoms with Crippen molar-refractivity contribution in [1.82, 2.24) is 5.43 Å². The molecule has 0 aromatic heterocycles. The zero-order valence-corrected chi connectivity index (χ0v) is 14.9. The highest BCUT2D eigenvalue weighted by Crippen LogP contribution is 2.14. The van der Waals surface area contributed by atoms with E-state index in [1.807, 2.05) is 12.1 Å². The predicted molar refractivity (Wildman–Crippen MR) is 102 cm³/mol. The Kier molecular flexibility index (Phi) is 6.71. The first-order valence-corrected chi connectivity index (χ1v) is 8.10. The predicted octanol–water partition coefficient (Wildman–Crippen LogP) is 2.63. The molecule has 0 radical (unpaired) electrons. The van der Waals surface area contributed by atoms with Crippen molar-refractivity contribution in [3.05, 3.63) is 58.6 Å². The molecule has 0 heterocycles. The summed E-state index contributed by atoms with van der Waals surface area (Å²) in [5, 5.41) is 6.70. The summed E-state index contributed by atoms with van der Waals surface area (Å²) < 4.78 is 6.39. The molecule has 0 saturated carbocycles. The Hall–Kier alpha value is -2.45. The number of carbonyl (C=O) groups excluding carboxylic acids is 1. The minimum atomic E-state index is -0.233. The fourth-order valence-corrected chi connectivity index (χ4v) is 2.02. The van der Waals surface area contributed by atoms with Gasteiger partial charge >= 0.3 is 0 Å². The van der Waals surface area contributed by atoms with Gasteiger partial charge in [0.05, 0.1) is 6.21 Å². The lowest BCUT2D eigenvalue weighted by Gasteiger charge is -2.08. The Balaban J connectivity index is 1.81. The highest BCUT2D eigenvalue weighted by molar-refractivity contribution is 9.10. The van der Waals surface area contributed by atoms with Crippen LogP contribution in [0.2, 0.25) is 0 Å². The zero-order chi connectivity index (χ0) is 17.4. The van der Waals surface area contributed by atoms with Crippen LogP contribution in [-0.4, -0.2) is 23.8 Å². The smallest absolute Gasteiger partial charge is 0.262 e. The maximum atomic E-state index is 11.8. The summed E-state index contributed by atoms with van der Waals surface area (Å²) in [7, 11) is 0. The number of ether oxygens (including phenoxy) is 1. The van der Waals surface area contributed by atoms with Gasteiger partial charge in [0.15, 0.2) is 11.7 Å². The second-order valence-electron chi connectivity index (χ2n) is 4.65. The maximum Gasteiger partial charge on any atom is 0.262 e. The summed E-state index contributed by atoms with van der Waals surface area (Å²) in [6.45, 7) is -0.0769. The molecule has 0 aliphatic carbocycles. The first-order chi connectivity index (χ1) is 11.5. The van der Waals surface area contributed by atoms with Crippen LogP contribution in [0.1, 0.15) is 5.56 Å². The van der Waals surface area contributed by atoms with Crippen molar-refractivity contribution in [3.63, 3.8) is 0 Å². The molecule has 2 aromatic rings. The highest BCUT2D eigenvalue weighted by Gasteiger charge is 2.03. The SMILES string of the molecule is NC(=S)N/N=C\c1ccc(OCC(=O)Nc2ccc(Br)cc2)cc1. The average Bonchev–Trinajstić information content (AvgIpc) is 2.56. The van der Waals surface area contributed by atoms with E-state index in [0.29, 0.717) is 11.4 Å². The molecule has 0 unspecified atom stereocenters. The van der Waals surface area contributed by atoms with Gasteiger partial charge in [-0.2, -0.15) is 5.10 Å². The van der Waals surface area contributed by atoms with Crippen molar-refractivity contribution in [1.29, 1.82) is 0 Å². The molecule has 0 aliphatic rings. The summed E-state index contributed by atoms with van der Waals surface area (Å²) in [6.07, 6.45) is 1.57. The number of rotatable bonds is 6. The van der Waals surface area contributed by atoms with E-state index in [0.717, 1.165) is 10.0 Å². The molecule has 0 atom stereocenters. The first kappa shape index (κ1) is 17.9. The van der Waals surface area contributed by atoms with Gasteiger partial charge in [-0.3, -0.25) is 10.2 Å². The number of hydrogen-bond donors (Lipinski definition) is 3. The van der Waals surface area contributed by atoms with E-state index in [1.165, 1.54) is 0 Å². The van der Waals surface area contributed by atoms with Gasteiger partial charge in [0, 0.05) is 10.2 Å². The van der Waals surface area contributed by atoms with Gasteiger partial charge in [0.25, 0.3) is 5.91 Å². The number of nitrogens with two attached hydrogens (primary N) is 1. The van der Waals surface area contributed by atoms with E-state index in [2.05, 4.69) is 44.0 Å². The average molecular weight is 407 g/mol. The van der Waals surface area contributed by atoms with E-state index < -0.39 is 0 Å². The minimum absolute atomic E-state index is 0.0769. The summed E-state index contributed by atoms with van der Waals surface area (Å²) in [6, 6.07) is 14.4. The standard InChI is InChI=1S/C16H15BrN4O2S/c17-12-3-5-13(6-4-12)20-15(22)10-23-14-7-1-11(2-8-14)9-19-21-16(18)24/h1-9H,10H2,(H,20,22)(H3,18,21,24)/b19-9-. The largest absolute Gasteiger partial charge is 0.484 e. The van der Waals surface area contributed by atoms with Crippen LogP contribution in [0.4, 0.5) is 5.69 Å². The second-order valence-corrected chi connectivity index (χ2v) is 6.00. The summed E-state index contributed by atoms with van der Waals surface area (Å²) in [5.74, 6) is 0.351. The third-order valence-corrected chi connectivity index (χ3v) is 3.39. The highest BCUT2D eigenvalue weighted by atomic mass is 79.9. The monoisotopic (exact) mass is 406 g/mol. The van der Waals surface area contributed by atoms with E-state index in [9.17, 15) is 4.79 Å². The Morgan fingerprint density at radius 3 is 2.50 bits per heavy atom. The molecule has 24 heavy (non-hydrogen) atoms. The number of hydrazone groups is 1. The molecule has 2 rings (SSSR count). The van der Waals surface area contributed by atoms with Crippen LogP contribution in [0.5, 0.6) is 5.75 Å². The van der Waals surface area contributed by atoms with Gasteiger partial charge in [0.2, 0.25) is 0 Å². The van der Waals surface area contributed by atoms with E-state index in [-0.39, 0.29) is 17.6 Å². The van der Waals surface area contributed by atoms with E-state index in [1.54, 1.807) is 42.6 Å². The lowest BCUT2D eigenvalue weighted by Crippen LogP contribution is -2.23. The number of hydrogen-bond acceptors (Lipinski definition) is 4. The fraction of sp³-hybridized carbons (Fsp3) is 0.0625. The number of benzene rings is 2. The van der Waals surface area contributed by atoms with Crippen molar-refractivity contribution in [2.45, 2.75) is 0 Å². The quantitative estimate of drug-likeness (QED) is 0.389. The molecule has 6 nitrogen and oxygen atoms in total. The third kappa shape index (κ3) is 6.35. The van der Waals surface area contributed by atoms with Crippen LogP contribution in [-0.2, 0) is 4.79 Å². The summed E-state index contributed by atoms with van der Waals surface area (Å²) in [4.78, 5) is 11.8. The van der Waals surface area contributed by atoms with Gasteiger partial charge < -0.3 is 15.8 Å². The number of nitrogens with zero attached hydrogens (tertiary/aromatic N) is 1. The lowest BCUT2D eigenvalue weighted by atomic mass is 10.2. The topological polar surface area (TPSA) is 88.7 Å². The molecule has 2 aromatic carbocycles. The Bertz CT molecular complexity index is 733. The number of carbonyl (C=O) groups is 1. The van der Waals surface area contributed by atoms with Gasteiger partial charge in [0.1, 0.15) is 5.75 Å². The molecule has 0 saturated heterocycles.